The van der Waals surface area contributed by atoms with Crippen molar-refractivity contribution < 1.29 is 9.84 Å². The third-order valence-corrected chi connectivity index (χ3v) is 4.24. The summed E-state index contributed by atoms with van der Waals surface area (Å²) >= 11 is 6.07. The second kappa shape index (κ2) is 6.66. The number of phenolic OH excluding ortho intramolecular Hbond substituents is 1. The van der Waals surface area contributed by atoms with Crippen LogP contribution in [0, 0.1) is 0 Å². The van der Waals surface area contributed by atoms with Gasteiger partial charge in [0.15, 0.2) is 11.5 Å². The molecule has 1 N–H and O–H groups in total. The van der Waals surface area contributed by atoms with Crippen LogP contribution in [0.2, 0.25) is 5.02 Å². The Morgan fingerprint density at radius 2 is 2.00 bits per heavy atom. The second-order valence-electron chi connectivity index (χ2n) is 5.59. The number of hydrogen-bond donors (Lipinski definition) is 1. The Balaban J connectivity index is 2.03. The number of aromatic hydroxyl groups is 1. The van der Waals surface area contributed by atoms with Crippen LogP contribution in [0.5, 0.6) is 11.5 Å². The summed E-state index contributed by atoms with van der Waals surface area (Å²) in [4.78, 5) is 4.64. The van der Waals surface area contributed by atoms with E-state index in [1.807, 2.05) is 6.07 Å². The van der Waals surface area contributed by atoms with Gasteiger partial charge in [-0.2, -0.15) is 0 Å². The molecule has 1 fully saturated rings. The number of piperidine rings is 1. The van der Waals surface area contributed by atoms with E-state index in [-0.39, 0.29) is 5.75 Å². The van der Waals surface area contributed by atoms with Crippen molar-refractivity contribution >= 4 is 11.6 Å². The number of halogens is 1. The fourth-order valence-electron chi connectivity index (χ4n) is 2.74. The zero-order valence-electron chi connectivity index (χ0n) is 12.4. The molecule has 0 atom stereocenters. The van der Waals surface area contributed by atoms with E-state index in [0.717, 1.165) is 31.5 Å². The van der Waals surface area contributed by atoms with Crippen molar-refractivity contribution in [1.29, 1.82) is 0 Å². The maximum Gasteiger partial charge on any atom is 0.162 e. The summed E-state index contributed by atoms with van der Waals surface area (Å²) in [6, 6.07) is 4.12. The van der Waals surface area contributed by atoms with Gasteiger partial charge in [-0.05, 0) is 46.1 Å². The third-order valence-electron chi connectivity index (χ3n) is 4.02. The molecule has 0 saturated carbocycles. The molecule has 0 bridgehead atoms. The van der Waals surface area contributed by atoms with Crippen LogP contribution in [0.3, 0.4) is 0 Å². The van der Waals surface area contributed by atoms with Crippen molar-refractivity contribution in [2.75, 3.05) is 34.3 Å². The fourth-order valence-corrected chi connectivity index (χ4v) is 2.97. The SMILES string of the molecule is COc1cc(Cl)cc(CN2CCC(N(C)C)CC2)c1O. The molecule has 1 aliphatic rings. The number of rotatable bonds is 4. The van der Waals surface area contributed by atoms with Crippen LogP contribution >= 0.6 is 11.6 Å². The smallest absolute Gasteiger partial charge is 0.162 e. The third kappa shape index (κ3) is 3.57. The molecular formula is C15H23ClN2O2. The summed E-state index contributed by atoms with van der Waals surface area (Å²) in [6.45, 7) is 2.79. The van der Waals surface area contributed by atoms with Crippen molar-refractivity contribution in [2.45, 2.75) is 25.4 Å². The monoisotopic (exact) mass is 298 g/mol. The molecule has 0 unspecified atom stereocenters. The zero-order chi connectivity index (χ0) is 14.7. The standard InChI is InChI=1S/C15H23ClN2O2/c1-17(2)13-4-6-18(7-5-13)10-11-8-12(16)9-14(20-3)15(11)19/h8-9,13,19H,4-7,10H2,1-3H3. The van der Waals surface area contributed by atoms with Crippen molar-refractivity contribution in [3.05, 3.63) is 22.7 Å². The largest absolute Gasteiger partial charge is 0.504 e. The highest BCUT2D eigenvalue weighted by Gasteiger charge is 2.22. The van der Waals surface area contributed by atoms with Gasteiger partial charge in [0.25, 0.3) is 0 Å². The molecule has 1 aromatic rings. The molecule has 4 nitrogen and oxygen atoms in total. The molecule has 20 heavy (non-hydrogen) atoms. The van der Waals surface area contributed by atoms with Crippen LogP contribution in [-0.4, -0.2) is 55.2 Å². The molecule has 1 aromatic carbocycles. The topological polar surface area (TPSA) is 35.9 Å². The number of phenols is 1. The Bertz CT molecular complexity index is 457. The van der Waals surface area contributed by atoms with E-state index in [0.29, 0.717) is 23.4 Å². The Hall–Kier alpha value is -0.970. The van der Waals surface area contributed by atoms with Gasteiger partial charge in [0.1, 0.15) is 0 Å². The fraction of sp³-hybridized carbons (Fsp3) is 0.600. The second-order valence-corrected chi connectivity index (χ2v) is 6.02. The lowest BCUT2D eigenvalue weighted by atomic mass is 10.0. The van der Waals surface area contributed by atoms with Gasteiger partial charge in [0.2, 0.25) is 0 Å². The zero-order valence-corrected chi connectivity index (χ0v) is 13.2. The van der Waals surface area contributed by atoms with Crippen molar-refractivity contribution in [2.24, 2.45) is 0 Å². The molecule has 2 rings (SSSR count). The highest BCUT2D eigenvalue weighted by Crippen LogP contribution is 2.34. The molecule has 5 heteroatoms. The first-order valence-electron chi connectivity index (χ1n) is 6.95. The van der Waals surface area contributed by atoms with Gasteiger partial charge in [-0.3, -0.25) is 4.90 Å². The highest BCUT2D eigenvalue weighted by atomic mass is 35.5. The van der Waals surface area contributed by atoms with E-state index in [1.165, 1.54) is 7.11 Å². The van der Waals surface area contributed by atoms with Gasteiger partial charge in [-0.1, -0.05) is 11.6 Å². The minimum atomic E-state index is 0.201. The van der Waals surface area contributed by atoms with Crippen LogP contribution in [0.25, 0.3) is 0 Å². The Labute approximate surface area is 125 Å². The summed E-state index contributed by atoms with van der Waals surface area (Å²) < 4.78 is 5.14. The van der Waals surface area contributed by atoms with Crippen molar-refractivity contribution in [3.63, 3.8) is 0 Å². The molecule has 0 amide bonds. The van der Waals surface area contributed by atoms with Crippen molar-refractivity contribution in [1.82, 2.24) is 9.80 Å². The highest BCUT2D eigenvalue weighted by molar-refractivity contribution is 6.30. The van der Waals surface area contributed by atoms with E-state index in [9.17, 15) is 5.11 Å². The number of hydrogen-bond acceptors (Lipinski definition) is 4. The van der Waals surface area contributed by atoms with Gasteiger partial charge in [0.05, 0.1) is 7.11 Å². The van der Waals surface area contributed by atoms with Crippen LogP contribution in [0.1, 0.15) is 18.4 Å². The molecule has 1 aliphatic heterocycles. The molecule has 112 valence electrons. The average molecular weight is 299 g/mol. The predicted octanol–water partition coefficient (Wildman–Crippen LogP) is 2.58. The summed E-state index contributed by atoms with van der Waals surface area (Å²) in [5.41, 5.74) is 0.831. The Kier molecular flexibility index (Phi) is 5.13. The number of likely N-dealkylation sites (tertiary alicyclic amines) is 1. The first-order valence-corrected chi connectivity index (χ1v) is 7.33. The molecule has 0 aliphatic carbocycles. The van der Waals surface area contributed by atoms with Crippen molar-refractivity contribution in [3.8, 4) is 11.5 Å². The predicted molar refractivity (Wildman–Crippen MR) is 81.7 cm³/mol. The first kappa shape index (κ1) is 15.4. The van der Waals surface area contributed by atoms with Crippen LogP contribution in [-0.2, 0) is 6.54 Å². The summed E-state index contributed by atoms with van der Waals surface area (Å²) in [7, 11) is 5.81. The van der Waals surface area contributed by atoms with Gasteiger partial charge >= 0.3 is 0 Å². The Morgan fingerprint density at radius 3 is 2.55 bits per heavy atom. The number of ether oxygens (including phenoxy) is 1. The minimum Gasteiger partial charge on any atom is -0.504 e. The summed E-state index contributed by atoms with van der Waals surface area (Å²) in [6.07, 6.45) is 2.32. The molecular weight excluding hydrogens is 276 g/mol. The Morgan fingerprint density at radius 1 is 1.35 bits per heavy atom. The summed E-state index contributed by atoms with van der Waals surface area (Å²) in [5, 5.41) is 10.8. The van der Waals surface area contributed by atoms with Crippen LogP contribution < -0.4 is 4.74 Å². The van der Waals surface area contributed by atoms with Gasteiger partial charge in [-0.15, -0.1) is 0 Å². The number of benzene rings is 1. The first-order chi connectivity index (χ1) is 9.51. The molecule has 1 heterocycles. The van der Waals surface area contributed by atoms with E-state index in [1.54, 1.807) is 6.07 Å². The quantitative estimate of drug-likeness (QED) is 0.927. The molecule has 1 saturated heterocycles. The van der Waals surface area contributed by atoms with E-state index in [2.05, 4.69) is 23.9 Å². The molecule has 0 radical (unpaired) electrons. The maximum absolute atomic E-state index is 10.2. The van der Waals surface area contributed by atoms with Gasteiger partial charge in [0, 0.05) is 29.2 Å². The van der Waals surface area contributed by atoms with E-state index < -0.39 is 0 Å². The summed E-state index contributed by atoms with van der Waals surface area (Å²) in [5.74, 6) is 0.641. The maximum atomic E-state index is 10.2. The minimum absolute atomic E-state index is 0.201. The normalized spacial score (nSPS) is 17.6. The van der Waals surface area contributed by atoms with Gasteiger partial charge in [-0.25, -0.2) is 0 Å². The van der Waals surface area contributed by atoms with E-state index in [4.69, 9.17) is 16.3 Å². The van der Waals surface area contributed by atoms with Crippen LogP contribution in [0.15, 0.2) is 12.1 Å². The van der Waals surface area contributed by atoms with Gasteiger partial charge < -0.3 is 14.7 Å². The lowest BCUT2D eigenvalue weighted by Gasteiger charge is -2.35. The average Bonchev–Trinajstić information content (AvgIpc) is 2.43. The molecule has 0 spiro atoms. The molecule has 0 aromatic heterocycles. The number of methoxy groups -OCH3 is 1. The lowest BCUT2D eigenvalue weighted by molar-refractivity contribution is 0.139. The van der Waals surface area contributed by atoms with E-state index >= 15 is 0 Å². The number of nitrogens with zero attached hydrogens (tertiary/aromatic N) is 2. The van der Waals surface area contributed by atoms with Crippen LogP contribution in [0.4, 0.5) is 0 Å². The lowest BCUT2D eigenvalue weighted by Crippen LogP contribution is -2.41.